The highest BCUT2D eigenvalue weighted by molar-refractivity contribution is 9.10. The molecule has 0 atom stereocenters. The predicted octanol–water partition coefficient (Wildman–Crippen LogP) is 3.21. The van der Waals surface area contributed by atoms with Crippen LogP contribution in [-0.2, 0) is 0 Å². The summed E-state index contributed by atoms with van der Waals surface area (Å²) in [4.78, 5) is 6.79. The van der Waals surface area contributed by atoms with Crippen LogP contribution in [0.4, 0.5) is 5.82 Å². The van der Waals surface area contributed by atoms with Gasteiger partial charge in [-0.3, -0.25) is 0 Å². The average Bonchev–Trinajstić information content (AvgIpc) is 2.39. The molecule has 18 heavy (non-hydrogen) atoms. The fraction of sp³-hybridized carbons (Fsp3) is 0.357. The summed E-state index contributed by atoms with van der Waals surface area (Å²) in [5, 5.41) is 10.2. The van der Waals surface area contributed by atoms with E-state index in [4.69, 9.17) is 5.11 Å². The van der Waals surface area contributed by atoms with E-state index >= 15 is 0 Å². The Balaban J connectivity index is 2.41. The maximum Gasteiger partial charge on any atom is 0.129 e. The quantitative estimate of drug-likeness (QED) is 0.921. The van der Waals surface area contributed by atoms with Crippen molar-refractivity contribution in [2.75, 3.05) is 24.6 Å². The molecule has 0 aliphatic carbocycles. The molecule has 0 saturated heterocycles. The highest BCUT2D eigenvalue weighted by Gasteiger charge is 2.08. The zero-order valence-corrected chi connectivity index (χ0v) is 12.0. The Hall–Kier alpha value is -1.13. The SMILES string of the molecule is CCCN(CCO)c1ccc2cccc(Br)c2n1. The van der Waals surface area contributed by atoms with Gasteiger partial charge in [0, 0.05) is 22.9 Å². The van der Waals surface area contributed by atoms with Gasteiger partial charge in [0.05, 0.1) is 12.1 Å². The molecule has 1 aromatic heterocycles. The van der Waals surface area contributed by atoms with Crippen molar-refractivity contribution >= 4 is 32.7 Å². The highest BCUT2D eigenvalue weighted by atomic mass is 79.9. The molecule has 0 aliphatic heterocycles. The van der Waals surface area contributed by atoms with Crippen LogP contribution in [0.5, 0.6) is 0 Å². The molecular weight excluding hydrogens is 292 g/mol. The molecule has 0 bridgehead atoms. The molecule has 0 spiro atoms. The number of halogens is 1. The monoisotopic (exact) mass is 308 g/mol. The topological polar surface area (TPSA) is 36.4 Å². The first-order valence-electron chi connectivity index (χ1n) is 6.17. The predicted molar refractivity (Wildman–Crippen MR) is 79.0 cm³/mol. The molecule has 4 heteroatoms. The van der Waals surface area contributed by atoms with E-state index < -0.39 is 0 Å². The summed E-state index contributed by atoms with van der Waals surface area (Å²) in [5.41, 5.74) is 0.967. The number of benzene rings is 1. The molecule has 0 fully saturated rings. The van der Waals surface area contributed by atoms with Crippen LogP contribution in [0.1, 0.15) is 13.3 Å². The van der Waals surface area contributed by atoms with E-state index in [1.807, 2.05) is 24.3 Å². The Kier molecular flexibility index (Phi) is 4.55. The first-order chi connectivity index (χ1) is 8.76. The number of aliphatic hydroxyl groups excluding tert-OH is 1. The second-order valence-corrected chi connectivity index (χ2v) is 5.05. The van der Waals surface area contributed by atoms with E-state index in [2.05, 4.69) is 38.8 Å². The van der Waals surface area contributed by atoms with Crippen molar-refractivity contribution < 1.29 is 5.11 Å². The smallest absolute Gasteiger partial charge is 0.129 e. The second kappa shape index (κ2) is 6.16. The number of para-hydroxylation sites is 1. The Morgan fingerprint density at radius 3 is 2.78 bits per heavy atom. The summed E-state index contributed by atoms with van der Waals surface area (Å²) in [6.45, 7) is 3.80. The summed E-state index contributed by atoms with van der Waals surface area (Å²) in [6, 6.07) is 10.1. The van der Waals surface area contributed by atoms with Crippen LogP contribution in [0.3, 0.4) is 0 Å². The summed E-state index contributed by atoms with van der Waals surface area (Å²) in [7, 11) is 0. The van der Waals surface area contributed by atoms with Gasteiger partial charge < -0.3 is 10.0 Å². The highest BCUT2D eigenvalue weighted by Crippen LogP contribution is 2.24. The van der Waals surface area contributed by atoms with Crippen LogP contribution in [0, 0.1) is 0 Å². The van der Waals surface area contributed by atoms with Gasteiger partial charge in [-0.15, -0.1) is 0 Å². The van der Waals surface area contributed by atoms with Crippen molar-refractivity contribution in [2.24, 2.45) is 0 Å². The number of pyridine rings is 1. The molecular formula is C14H17BrN2O. The third kappa shape index (κ3) is 2.82. The van der Waals surface area contributed by atoms with Gasteiger partial charge in [-0.25, -0.2) is 4.98 Å². The van der Waals surface area contributed by atoms with E-state index in [1.165, 1.54) is 0 Å². The second-order valence-electron chi connectivity index (χ2n) is 4.19. The molecule has 2 rings (SSSR count). The maximum absolute atomic E-state index is 9.11. The lowest BCUT2D eigenvalue weighted by Crippen LogP contribution is -2.28. The molecule has 2 aromatic rings. The van der Waals surface area contributed by atoms with Crippen molar-refractivity contribution in [3.8, 4) is 0 Å². The van der Waals surface area contributed by atoms with Crippen molar-refractivity contribution in [1.82, 2.24) is 4.98 Å². The van der Waals surface area contributed by atoms with Crippen LogP contribution in [0.2, 0.25) is 0 Å². The van der Waals surface area contributed by atoms with Crippen LogP contribution in [0.25, 0.3) is 10.9 Å². The van der Waals surface area contributed by atoms with Gasteiger partial charge >= 0.3 is 0 Å². The van der Waals surface area contributed by atoms with Crippen LogP contribution >= 0.6 is 15.9 Å². The lowest BCUT2D eigenvalue weighted by molar-refractivity contribution is 0.301. The van der Waals surface area contributed by atoms with Crippen molar-refractivity contribution in [2.45, 2.75) is 13.3 Å². The normalized spacial score (nSPS) is 10.8. The summed E-state index contributed by atoms with van der Waals surface area (Å²) >= 11 is 3.53. The minimum absolute atomic E-state index is 0.148. The average molecular weight is 309 g/mol. The number of fused-ring (bicyclic) bond motifs is 1. The van der Waals surface area contributed by atoms with Crippen molar-refractivity contribution in [3.63, 3.8) is 0 Å². The number of aromatic nitrogens is 1. The van der Waals surface area contributed by atoms with E-state index in [1.54, 1.807) is 0 Å². The molecule has 0 amide bonds. The molecule has 0 aliphatic rings. The van der Waals surface area contributed by atoms with E-state index in [0.717, 1.165) is 34.2 Å². The standard InChI is InChI=1S/C14H17BrN2O/c1-2-8-17(9-10-18)13-7-6-11-4-3-5-12(15)14(11)16-13/h3-7,18H,2,8-10H2,1H3. The van der Waals surface area contributed by atoms with Gasteiger partial charge in [-0.2, -0.15) is 0 Å². The van der Waals surface area contributed by atoms with Gasteiger partial charge in [0.2, 0.25) is 0 Å². The summed E-state index contributed by atoms with van der Waals surface area (Å²) < 4.78 is 1.00. The molecule has 1 aromatic carbocycles. The lowest BCUT2D eigenvalue weighted by atomic mass is 10.2. The van der Waals surface area contributed by atoms with Crippen molar-refractivity contribution in [3.05, 3.63) is 34.8 Å². The van der Waals surface area contributed by atoms with Gasteiger partial charge in [0.15, 0.2) is 0 Å². The van der Waals surface area contributed by atoms with E-state index in [9.17, 15) is 0 Å². The summed E-state index contributed by atoms with van der Waals surface area (Å²) in [5.74, 6) is 0.922. The first kappa shape index (κ1) is 13.3. The third-order valence-electron chi connectivity index (χ3n) is 2.84. The Morgan fingerprint density at radius 1 is 1.22 bits per heavy atom. The van der Waals surface area contributed by atoms with Crippen LogP contribution in [-0.4, -0.2) is 29.8 Å². The Labute approximate surface area is 116 Å². The van der Waals surface area contributed by atoms with Crippen LogP contribution in [0.15, 0.2) is 34.8 Å². The molecule has 0 saturated carbocycles. The van der Waals surface area contributed by atoms with E-state index in [-0.39, 0.29) is 6.61 Å². The molecule has 1 heterocycles. The maximum atomic E-state index is 9.11. The molecule has 0 unspecified atom stereocenters. The minimum atomic E-state index is 0.148. The van der Waals surface area contributed by atoms with Gasteiger partial charge in [0.25, 0.3) is 0 Å². The molecule has 1 N–H and O–H groups in total. The van der Waals surface area contributed by atoms with Gasteiger partial charge in [0.1, 0.15) is 5.82 Å². The molecule has 96 valence electrons. The van der Waals surface area contributed by atoms with Gasteiger partial charge in [-0.1, -0.05) is 19.1 Å². The summed E-state index contributed by atoms with van der Waals surface area (Å²) in [6.07, 6.45) is 1.04. The number of anilines is 1. The lowest BCUT2D eigenvalue weighted by Gasteiger charge is -2.22. The number of aliphatic hydroxyl groups is 1. The van der Waals surface area contributed by atoms with E-state index in [0.29, 0.717) is 6.54 Å². The molecule has 3 nitrogen and oxygen atoms in total. The number of nitrogens with zero attached hydrogens (tertiary/aromatic N) is 2. The minimum Gasteiger partial charge on any atom is -0.395 e. The zero-order chi connectivity index (χ0) is 13.0. The molecule has 0 radical (unpaired) electrons. The number of rotatable bonds is 5. The Bertz CT molecular complexity index is 524. The largest absolute Gasteiger partial charge is 0.395 e. The first-order valence-corrected chi connectivity index (χ1v) is 6.96. The van der Waals surface area contributed by atoms with Crippen LogP contribution < -0.4 is 4.90 Å². The van der Waals surface area contributed by atoms with Gasteiger partial charge in [-0.05, 0) is 40.5 Å². The fourth-order valence-corrected chi connectivity index (χ4v) is 2.48. The van der Waals surface area contributed by atoms with Crippen molar-refractivity contribution in [1.29, 1.82) is 0 Å². The third-order valence-corrected chi connectivity index (χ3v) is 3.48. The zero-order valence-electron chi connectivity index (χ0n) is 10.4. The number of hydrogen-bond donors (Lipinski definition) is 1. The fourth-order valence-electron chi connectivity index (χ4n) is 2.01. The number of hydrogen-bond acceptors (Lipinski definition) is 3. The Morgan fingerprint density at radius 2 is 2.06 bits per heavy atom.